The second-order valence-corrected chi connectivity index (χ2v) is 9.08. The first kappa shape index (κ1) is 20.2. The Labute approximate surface area is 184 Å². The molecule has 0 aliphatic heterocycles. The van der Waals surface area contributed by atoms with Crippen LogP contribution in [-0.2, 0) is 0 Å². The Morgan fingerprint density at radius 2 is 1.94 bits per heavy atom. The first-order valence-electron chi connectivity index (χ1n) is 10.7. The number of halogens is 2. The molecule has 160 valence electrons. The van der Waals surface area contributed by atoms with Gasteiger partial charge in [0.25, 0.3) is 11.5 Å². The number of carbonyl (C=O) groups excluding carboxylic acids is 1. The fourth-order valence-electron chi connectivity index (χ4n) is 5.38. The van der Waals surface area contributed by atoms with Gasteiger partial charge in [0.1, 0.15) is 5.82 Å². The molecule has 2 aliphatic rings. The van der Waals surface area contributed by atoms with Crippen molar-refractivity contribution in [1.29, 1.82) is 0 Å². The standard InChI is InChI=1S/C24H23ClFN3O2/c1-2-20(28-23(30)13-3-5-14(25)6-4-13)22-18-10-16(11-19(18)22)29-12-27-21-9-15(26)7-8-17(21)24(29)31/h3-9,12,16,18-20,22H,2,10-11H2,1H3,(H,28,30)/t16?,18-,19-,20-,22?/m0/s1. The average molecular weight is 440 g/mol. The smallest absolute Gasteiger partial charge is 0.261 e. The Kier molecular flexibility index (Phi) is 5.05. The van der Waals surface area contributed by atoms with Crippen LogP contribution >= 0.6 is 11.6 Å². The van der Waals surface area contributed by atoms with Gasteiger partial charge in [-0.15, -0.1) is 0 Å². The quantitative estimate of drug-likeness (QED) is 0.632. The molecule has 1 aromatic heterocycles. The van der Waals surface area contributed by atoms with Crippen molar-refractivity contribution in [3.8, 4) is 0 Å². The molecule has 0 spiro atoms. The van der Waals surface area contributed by atoms with Crippen molar-refractivity contribution in [2.45, 2.75) is 38.3 Å². The van der Waals surface area contributed by atoms with Crippen LogP contribution in [0.4, 0.5) is 4.39 Å². The summed E-state index contributed by atoms with van der Waals surface area (Å²) in [6, 6.07) is 11.2. The van der Waals surface area contributed by atoms with Gasteiger partial charge in [-0.1, -0.05) is 18.5 Å². The van der Waals surface area contributed by atoms with E-state index in [-0.39, 0.29) is 23.6 Å². The fourth-order valence-corrected chi connectivity index (χ4v) is 5.50. The van der Waals surface area contributed by atoms with Crippen molar-refractivity contribution in [2.75, 3.05) is 0 Å². The average Bonchev–Trinajstić information content (AvgIpc) is 3.24. The minimum Gasteiger partial charge on any atom is -0.349 e. The second kappa shape index (κ2) is 7.75. The SMILES string of the molecule is CC[C@H](NC(=O)c1ccc(Cl)cc1)C1[C@H]2CC(n3cnc4cc(F)ccc4c3=O)C[C@H]12. The van der Waals surface area contributed by atoms with Gasteiger partial charge in [0.2, 0.25) is 0 Å². The number of aromatic nitrogens is 2. The molecule has 3 atom stereocenters. The van der Waals surface area contributed by atoms with E-state index < -0.39 is 5.82 Å². The zero-order valence-electron chi connectivity index (χ0n) is 17.1. The Hall–Kier alpha value is -2.73. The highest BCUT2D eigenvalue weighted by Gasteiger charge is 2.59. The van der Waals surface area contributed by atoms with Crippen molar-refractivity contribution >= 4 is 28.4 Å². The zero-order chi connectivity index (χ0) is 21.7. The lowest BCUT2D eigenvalue weighted by atomic mass is 9.99. The Balaban J connectivity index is 1.27. The summed E-state index contributed by atoms with van der Waals surface area (Å²) in [6.07, 6.45) is 4.22. The molecule has 2 saturated carbocycles. The normalized spacial score (nSPS) is 23.5. The molecule has 3 aromatic rings. The number of rotatable bonds is 5. The number of nitrogens with zero attached hydrogens (tertiary/aromatic N) is 2. The van der Waals surface area contributed by atoms with Crippen molar-refractivity contribution in [3.63, 3.8) is 0 Å². The second-order valence-electron chi connectivity index (χ2n) is 8.64. The minimum atomic E-state index is -0.395. The van der Waals surface area contributed by atoms with E-state index in [1.807, 2.05) is 0 Å². The number of amides is 1. The molecular weight excluding hydrogens is 417 g/mol. The molecule has 0 radical (unpaired) electrons. The highest BCUT2D eigenvalue weighted by atomic mass is 35.5. The van der Waals surface area contributed by atoms with Crippen LogP contribution in [0.2, 0.25) is 5.02 Å². The maximum Gasteiger partial charge on any atom is 0.261 e. The first-order valence-corrected chi connectivity index (χ1v) is 11.1. The van der Waals surface area contributed by atoms with Crippen LogP contribution in [0.15, 0.2) is 53.6 Å². The summed E-state index contributed by atoms with van der Waals surface area (Å²) in [6.45, 7) is 2.09. The molecule has 5 nitrogen and oxygen atoms in total. The van der Waals surface area contributed by atoms with Gasteiger partial charge in [-0.2, -0.15) is 0 Å². The molecule has 7 heteroatoms. The maximum atomic E-state index is 13.4. The summed E-state index contributed by atoms with van der Waals surface area (Å²) < 4.78 is 15.1. The van der Waals surface area contributed by atoms with E-state index in [4.69, 9.17) is 11.6 Å². The van der Waals surface area contributed by atoms with Gasteiger partial charge in [-0.25, -0.2) is 9.37 Å². The van der Waals surface area contributed by atoms with E-state index >= 15 is 0 Å². The van der Waals surface area contributed by atoms with Gasteiger partial charge in [-0.3, -0.25) is 14.2 Å². The number of hydrogen-bond donors (Lipinski definition) is 1. The lowest BCUT2D eigenvalue weighted by molar-refractivity contribution is 0.0927. The number of nitrogens with one attached hydrogen (secondary N) is 1. The van der Waals surface area contributed by atoms with Crippen LogP contribution in [-0.4, -0.2) is 21.5 Å². The van der Waals surface area contributed by atoms with Gasteiger partial charge in [-0.05, 0) is 73.4 Å². The molecule has 5 rings (SSSR count). The fraction of sp³-hybridized carbons (Fsp3) is 0.375. The van der Waals surface area contributed by atoms with Gasteiger partial charge in [0.05, 0.1) is 17.2 Å². The molecule has 2 aromatic carbocycles. The Bertz CT molecular complexity index is 1200. The van der Waals surface area contributed by atoms with E-state index in [1.165, 1.54) is 18.2 Å². The molecule has 1 amide bonds. The van der Waals surface area contributed by atoms with Gasteiger partial charge in [0, 0.05) is 28.7 Å². The molecule has 0 saturated heterocycles. The van der Waals surface area contributed by atoms with Crippen LogP contribution < -0.4 is 10.9 Å². The molecule has 31 heavy (non-hydrogen) atoms. The summed E-state index contributed by atoms with van der Waals surface area (Å²) in [5.41, 5.74) is 0.880. The molecule has 2 aliphatic carbocycles. The lowest BCUT2D eigenvalue weighted by Gasteiger charge is -2.22. The molecule has 1 N–H and O–H groups in total. The van der Waals surface area contributed by atoms with Gasteiger partial charge in [0.15, 0.2) is 0 Å². The monoisotopic (exact) mass is 439 g/mol. The Morgan fingerprint density at radius 3 is 2.61 bits per heavy atom. The molecular formula is C24H23ClFN3O2. The van der Waals surface area contributed by atoms with Crippen LogP contribution in [0.1, 0.15) is 42.6 Å². The first-order chi connectivity index (χ1) is 15.0. The van der Waals surface area contributed by atoms with Crippen molar-refractivity contribution in [1.82, 2.24) is 14.9 Å². The van der Waals surface area contributed by atoms with Crippen LogP contribution in [0.3, 0.4) is 0 Å². The summed E-state index contributed by atoms with van der Waals surface area (Å²) in [7, 11) is 0. The maximum absolute atomic E-state index is 13.4. The number of hydrogen-bond acceptors (Lipinski definition) is 3. The van der Waals surface area contributed by atoms with Crippen molar-refractivity contribution in [2.24, 2.45) is 17.8 Å². The van der Waals surface area contributed by atoms with E-state index in [2.05, 4.69) is 17.2 Å². The third-order valence-corrected chi connectivity index (χ3v) is 7.20. The van der Waals surface area contributed by atoms with Crippen LogP contribution in [0, 0.1) is 23.6 Å². The van der Waals surface area contributed by atoms with E-state index in [0.717, 1.165) is 19.3 Å². The Morgan fingerprint density at radius 1 is 1.23 bits per heavy atom. The highest BCUT2D eigenvalue weighted by molar-refractivity contribution is 6.30. The third-order valence-electron chi connectivity index (χ3n) is 6.95. The van der Waals surface area contributed by atoms with Gasteiger partial charge >= 0.3 is 0 Å². The number of fused-ring (bicyclic) bond motifs is 2. The molecule has 1 heterocycles. The predicted octanol–water partition coefficient (Wildman–Crippen LogP) is 4.59. The van der Waals surface area contributed by atoms with E-state index in [1.54, 1.807) is 35.2 Å². The molecule has 0 bridgehead atoms. The lowest BCUT2D eigenvalue weighted by Crippen LogP contribution is -2.37. The van der Waals surface area contributed by atoms with Crippen molar-refractivity contribution < 1.29 is 9.18 Å². The largest absolute Gasteiger partial charge is 0.349 e. The summed E-state index contributed by atoms with van der Waals surface area (Å²) >= 11 is 5.91. The third kappa shape index (κ3) is 3.63. The van der Waals surface area contributed by atoms with Crippen LogP contribution in [0.25, 0.3) is 10.9 Å². The van der Waals surface area contributed by atoms with E-state index in [0.29, 0.717) is 39.2 Å². The molecule has 0 unspecified atom stereocenters. The predicted molar refractivity (Wildman–Crippen MR) is 118 cm³/mol. The minimum absolute atomic E-state index is 0.0766. The topological polar surface area (TPSA) is 64.0 Å². The summed E-state index contributed by atoms with van der Waals surface area (Å²) in [5, 5.41) is 4.24. The molecule has 2 fully saturated rings. The highest BCUT2D eigenvalue weighted by Crippen LogP contribution is 2.62. The van der Waals surface area contributed by atoms with Crippen molar-refractivity contribution in [3.05, 3.63) is 75.5 Å². The summed E-state index contributed by atoms with van der Waals surface area (Å²) in [5.74, 6) is 0.962. The van der Waals surface area contributed by atoms with Crippen LogP contribution in [0.5, 0.6) is 0 Å². The zero-order valence-corrected chi connectivity index (χ0v) is 17.8. The summed E-state index contributed by atoms with van der Waals surface area (Å²) in [4.78, 5) is 29.8. The number of benzene rings is 2. The van der Waals surface area contributed by atoms with Gasteiger partial charge < -0.3 is 5.32 Å². The van der Waals surface area contributed by atoms with E-state index in [9.17, 15) is 14.0 Å². The number of carbonyl (C=O) groups is 1.